The molecule has 2 saturated carbocycles. The molecular weight excluding hydrogens is 190 g/mol. The predicted molar refractivity (Wildman–Crippen MR) is 58.7 cm³/mol. The van der Waals surface area contributed by atoms with Crippen LogP contribution in [0, 0.1) is 11.8 Å². The van der Waals surface area contributed by atoms with Crippen molar-refractivity contribution in [1.29, 1.82) is 0 Å². The molecule has 2 aliphatic rings. The second kappa shape index (κ2) is 4.52. The van der Waals surface area contributed by atoms with Crippen molar-refractivity contribution in [2.75, 3.05) is 0 Å². The average Bonchev–Trinajstić information content (AvgIpc) is 2.16. The fraction of sp³-hybridized carbons (Fsp3) is 0.917. The van der Waals surface area contributed by atoms with E-state index in [1.807, 2.05) is 0 Å². The van der Waals surface area contributed by atoms with Gasteiger partial charge in [-0.25, -0.2) is 0 Å². The summed E-state index contributed by atoms with van der Waals surface area (Å²) in [7, 11) is 0. The second-order valence-corrected chi connectivity index (χ2v) is 5.34. The molecule has 0 aromatic rings. The smallest absolute Gasteiger partial charge is 0.306 e. The molecule has 3 heteroatoms. The van der Waals surface area contributed by atoms with Gasteiger partial charge in [-0.1, -0.05) is 13.3 Å². The molecule has 0 aromatic carbocycles. The van der Waals surface area contributed by atoms with Gasteiger partial charge in [0, 0.05) is 12.1 Å². The number of rotatable bonds is 3. The first kappa shape index (κ1) is 10.9. The summed E-state index contributed by atoms with van der Waals surface area (Å²) in [6.45, 7) is 2.28. The van der Waals surface area contributed by atoms with Crippen LogP contribution in [0.15, 0.2) is 0 Å². The highest BCUT2D eigenvalue weighted by atomic mass is 16.4. The minimum Gasteiger partial charge on any atom is -0.481 e. The van der Waals surface area contributed by atoms with Gasteiger partial charge in [-0.15, -0.1) is 0 Å². The van der Waals surface area contributed by atoms with Gasteiger partial charge in [0.15, 0.2) is 0 Å². The highest BCUT2D eigenvalue weighted by Gasteiger charge is 2.31. The Labute approximate surface area is 91.2 Å². The first-order valence-corrected chi connectivity index (χ1v) is 6.14. The lowest BCUT2D eigenvalue weighted by molar-refractivity contribution is -0.143. The average molecular weight is 211 g/mol. The summed E-state index contributed by atoms with van der Waals surface area (Å²) in [6.07, 6.45) is 6.48. The zero-order valence-electron chi connectivity index (χ0n) is 9.41. The first-order valence-electron chi connectivity index (χ1n) is 6.14. The quantitative estimate of drug-likeness (QED) is 0.751. The van der Waals surface area contributed by atoms with Gasteiger partial charge >= 0.3 is 5.97 Å². The minimum absolute atomic E-state index is 0.103. The van der Waals surface area contributed by atoms with Crippen LogP contribution >= 0.6 is 0 Å². The van der Waals surface area contributed by atoms with Crippen LogP contribution in [-0.2, 0) is 4.79 Å². The molecule has 15 heavy (non-hydrogen) atoms. The molecule has 2 rings (SSSR count). The van der Waals surface area contributed by atoms with Crippen molar-refractivity contribution in [1.82, 2.24) is 5.32 Å². The lowest BCUT2D eigenvalue weighted by Crippen LogP contribution is -2.47. The molecule has 2 fully saturated rings. The lowest BCUT2D eigenvalue weighted by atomic mass is 9.79. The highest BCUT2D eigenvalue weighted by Crippen LogP contribution is 2.30. The summed E-state index contributed by atoms with van der Waals surface area (Å²) in [4.78, 5) is 10.9. The van der Waals surface area contributed by atoms with Crippen molar-refractivity contribution in [3.63, 3.8) is 0 Å². The number of hydrogen-bond acceptors (Lipinski definition) is 2. The number of carbonyl (C=O) groups is 1. The van der Waals surface area contributed by atoms with Crippen molar-refractivity contribution in [3.05, 3.63) is 0 Å². The zero-order valence-corrected chi connectivity index (χ0v) is 9.41. The molecule has 0 radical (unpaired) electrons. The molecule has 0 spiro atoms. The maximum absolute atomic E-state index is 10.9. The molecule has 0 heterocycles. The van der Waals surface area contributed by atoms with Crippen LogP contribution in [0.25, 0.3) is 0 Å². The van der Waals surface area contributed by atoms with Gasteiger partial charge in [0.05, 0.1) is 5.92 Å². The number of carboxylic acids is 1. The summed E-state index contributed by atoms with van der Waals surface area (Å²) in [5, 5.41) is 12.6. The van der Waals surface area contributed by atoms with E-state index in [0.29, 0.717) is 12.1 Å². The van der Waals surface area contributed by atoms with Gasteiger partial charge in [-0.3, -0.25) is 4.79 Å². The third-order valence-corrected chi connectivity index (χ3v) is 3.87. The SMILES string of the molecule is CC1CC(NC2CCCC(C(=O)O)C2)C1. The largest absolute Gasteiger partial charge is 0.481 e. The van der Waals surface area contributed by atoms with E-state index >= 15 is 0 Å². The van der Waals surface area contributed by atoms with Crippen LogP contribution in [0.1, 0.15) is 45.4 Å². The number of aliphatic carboxylic acids is 1. The maximum Gasteiger partial charge on any atom is 0.306 e. The Morgan fingerprint density at radius 3 is 2.53 bits per heavy atom. The normalized spacial score (nSPS) is 40.9. The molecule has 2 aliphatic carbocycles. The molecule has 86 valence electrons. The van der Waals surface area contributed by atoms with Gasteiger partial charge < -0.3 is 10.4 Å². The molecule has 2 unspecified atom stereocenters. The van der Waals surface area contributed by atoms with E-state index in [4.69, 9.17) is 5.11 Å². The summed E-state index contributed by atoms with van der Waals surface area (Å²) in [5.41, 5.74) is 0. The summed E-state index contributed by atoms with van der Waals surface area (Å²) >= 11 is 0. The van der Waals surface area contributed by atoms with Crippen molar-refractivity contribution in [3.8, 4) is 0 Å². The first-order chi connectivity index (χ1) is 7.15. The monoisotopic (exact) mass is 211 g/mol. The molecule has 2 atom stereocenters. The van der Waals surface area contributed by atoms with Crippen molar-refractivity contribution < 1.29 is 9.90 Å². The Balaban J connectivity index is 1.75. The Morgan fingerprint density at radius 1 is 1.20 bits per heavy atom. The van der Waals surface area contributed by atoms with E-state index in [1.54, 1.807) is 0 Å². The maximum atomic E-state index is 10.9. The molecule has 2 N–H and O–H groups in total. The van der Waals surface area contributed by atoms with Crippen LogP contribution in [0.4, 0.5) is 0 Å². The van der Waals surface area contributed by atoms with Gasteiger partial charge in [0.1, 0.15) is 0 Å². The van der Waals surface area contributed by atoms with Gasteiger partial charge in [-0.05, 0) is 38.0 Å². The fourth-order valence-electron chi connectivity index (χ4n) is 2.94. The Hall–Kier alpha value is -0.570. The van der Waals surface area contributed by atoms with E-state index in [-0.39, 0.29) is 5.92 Å². The molecule has 0 amide bonds. The number of hydrogen-bond donors (Lipinski definition) is 2. The lowest BCUT2D eigenvalue weighted by Gasteiger charge is -2.38. The summed E-state index contributed by atoms with van der Waals surface area (Å²) < 4.78 is 0. The third kappa shape index (κ3) is 2.71. The van der Waals surface area contributed by atoms with Gasteiger partial charge in [0.25, 0.3) is 0 Å². The third-order valence-electron chi connectivity index (χ3n) is 3.87. The topological polar surface area (TPSA) is 49.3 Å². The number of nitrogens with one attached hydrogen (secondary N) is 1. The molecule has 0 aromatic heterocycles. The molecule has 0 saturated heterocycles. The van der Waals surface area contributed by atoms with E-state index < -0.39 is 5.97 Å². The highest BCUT2D eigenvalue weighted by molar-refractivity contribution is 5.70. The Bertz CT molecular complexity index is 236. The van der Waals surface area contributed by atoms with Crippen LogP contribution < -0.4 is 5.32 Å². The van der Waals surface area contributed by atoms with Gasteiger partial charge in [0.2, 0.25) is 0 Å². The molecule has 0 aliphatic heterocycles. The van der Waals surface area contributed by atoms with E-state index in [9.17, 15) is 4.79 Å². The van der Waals surface area contributed by atoms with Crippen LogP contribution in [0.5, 0.6) is 0 Å². The number of carboxylic acid groups (broad SMARTS) is 1. The predicted octanol–water partition coefficient (Wildman–Crippen LogP) is 2.02. The van der Waals surface area contributed by atoms with Crippen LogP contribution in [0.2, 0.25) is 0 Å². The minimum atomic E-state index is -0.608. The van der Waals surface area contributed by atoms with Crippen molar-refractivity contribution >= 4 is 5.97 Å². The van der Waals surface area contributed by atoms with E-state index in [1.165, 1.54) is 12.8 Å². The standard InChI is InChI=1S/C12H21NO2/c1-8-5-11(6-8)13-10-4-2-3-9(7-10)12(14)15/h8-11,13H,2-7H2,1H3,(H,14,15). The zero-order chi connectivity index (χ0) is 10.8. The Kier molecular flexibility index (Phi) is 3.29. The van der Waals surface area contributed by atoms with Crippen molar-refractivity contribution in [2.24, 2.45) is 11.8 Å². The van der Waals surface area contributed by atoms with E-state index in [2.05, 4.69) is 12.2 Å². The van der Waals surface area contributed by atoms with Gasteiger partial charge in [-0.2, -0.15) is 0 Å². The molecule has 3 nitrogen and oxygen atoms in total. The second-order valence-electron chi connectivity index (χ2n) is 5.34. The van der Waals surface area contributed by atoms with Crippen LogP contribution in [0.3, 0.4) is 0 Å². The van der Waals surface area contributed by atoms with Crippen molar-refractivity contribution in [2.45, 2.75) is 57.5 Å². The van der Waals surface area contributed by atoms with Crippen LogP contribution in [-0.4, -0.2) is 23.2 Å². The molecule has 0 bridgehead atoms. The summed E-state index contributed by atoms with van der Waals surface area (Å²) in [6, 6.07) is 1.12. The fourth-order valence-corrected chi connectivity index (χ4v) is 2.94. The summed E-state index contributed by atoms with van der Waals surface area (Å²) in [5.74, 6) is 0.151. The molecular formula is C12H21NO2. The Morgan fingerprint density at radius 2 is 1.93 bits per heavy atom. The van der Waals surface area contributed by atoms with E-state index in [0.717, 1.165) is 31.6 Å².